The molecule has 0 spiro atoms. The minimum atomic E-state index is -0.0122. The lowest BCUT2D eigenvalue weighted by atomic mass is 10.1. The van der Waals surface area contributed by atoms with Gasteiger partial charge < -0.3 is 11.1 Å². The Morgan fingerprint density at radius 1 is 1.37 bits per heavy atom. The normalized spacial score (nSPS) is 10.2. The fourth-order valence-electron chi connectivity index (χ4n) is 1.85. The number of benzene rings is 1. The zero-order valence-corrected chi connectivity index (χ0v) is 10.9. The van der Waals surface area contributed by atoms with Gasteiger partial charge in [0.25, 0.3) is 0 Å². The first-order chi connectivity index (χ1) is 9.15. The molecule has 98 valence electrons. The van der Waals surface area contributed by atoms with Crippen molar-refractivity contribution in [2.75, 3.05) is 5.73 Å². The number of amides is 1. The minimum Gasteiger partial charge on any atom is -0.399 e. The SMILES string of the molecule is Cc1cnccc1CNC(=O)Cc1cccc(N)c1. The van der Waals surface area contributed by atoms with Gasteiger partial charge in [-0.15, -0.1) is 0 Å². The number of carbonyl (C=O) groups is 1. The molecule has 2 rings (SSSR count). The smallest absolute Gasteiger partial charge is 0.224 e. The number of rotatable bonds is 4. The van der Waals surface area contributed by atoms with Crippen LogP contribution in [0.15, 0.2) is 42.7 Å². The molecule has 1 aromatic carbocycles. The topological polar surface area (TPSA) is 68.0 Å². The van der Waals surface area contributed by atoms with Crippen LogP contribution in [-0.4, -0.2) is 10.9 Å². The number of aryl methyl sites for hydroxylation is 1. The number of nitrogens with zero attached hydrogens (tertiary/aromatic N) is 1. The van der Waals surface area contributed by atoms with E-state index in [1.54, 1.807) is 12.4 Å². The highest BCUT2D eigenvalue weighted by molar-refractivity contribution is 5.78. The zero-order valence-electron chi connectivity index (χ0n) is 10.9. The fraction of sp³-hybridized carbons (Fsp3) is 0.200. The second-order valence-corrected chi connectivity index (χ2v) is 4.50. The number of hydrogen-bond acceptors (Lipinski definition) is 3. The third kappa shape index (κ3) is 3.81. The molecule has 3 N–H and O–H groups in total. The summed E-state index contributed by atoms with van der Waals surface area (Å²) in [5, 5.41) is 2.90. The van der Waals surface area contributed by atoms with Gasteiger partial charge in [0.2, 0.25) is 5.91 Å². The van der Waals surface area contributed by atoms with E-state index in [4.69, 9.17) is 5.73 Å². The van der Waals surface area contributed by atoms with E-state index < -0.39 is 0 Å². The van der Waals surface area contributed by atoms with Gasteiger partial charge >= 0.3 is 0 Å². The molecule has 2 aromatic rings. The van der Waals surface area contributed by atoms with Gasteiger partial charge in [-0.05, 0) is 41.8 Å². The van der Waals surface area contributed by atoms with Crippen molar-refractivity contribution in [2.24, 2.45) is 0 Å². The van der Waals surface area contributed by atoms with Crippen molar-refractivity contribution in [3.05, 3.63) is 59.4 Å². The summed E-state index contributed by atoms with van der Waals surface area (Å²) in [5.74, 6) is -0.0122. The molecule has 1 aromatic heterocycles. The lowest BCUT2D eigenvalue weighted by Crippen LogP contribution is -2.24. The van der Waals surface area contributed by atoms with Gasteiger partial charge in [-0.25, -0.2) is 0 Å². The highest BCUT2D eigenvalue weighted by Crippen LogP contribution is 2.08. The lowest BCUT2D eigenvalue weighted by molar-refractivity contribution is -0.120. The van der Waals surface area contributed by atoms with Crippen LogP contribution >= 0.6 is 0 Å². The predicted molar refractivity (Wildman–Crippen MR) is 75.4 cm³/mol. The second kappa shape index (κ2) is 6.00. The van der Waals surface area contributed by atoms with Gasteiger partial charge in [0, 0.05) is 24.6 Å². The molecule has 0 radical (unpaired) electrons. The van der Waals surface area contributed by atoms with Crippen LogP contribution in [0.25, 0.3) is 0 Å². The summed E-state index contributed by atoms with van der Waals surface area (Å²) in [6.45, 7) is 2.50. The zero-order chi connectivity index (χ0) is 13.7. The van der Waals surface area contributed by atoms with Gasteiger partial charge in [-0.1, -0.05) is 12.1 Å². The summed E-state index contributed by atoms with van der Waals surface area (Å²) in [4.78, 5) is 15.9. The molecule has 0 unspecified atom stereocenters. The van der Waals surface area contributed by atoms with Crippen molar-refractivity contribution in [3.63, 3.8) is 0 Å². The largest absolute Gasteiger partial charge is 0.399 e. The van der Waals surface area contributed by atoms with E-state index >= 15 is 0 Å². The predicted octanol–water partition coefficient (Wildman–Crippen LogP) is 1.83. The maximum atomic E-state index is 11.8. The van der Waals surface area contributed by atoms with Crippen LogP contribution in [0.2, 0.25) is 0 Å². The van der Waals surface area contributed by atoms with Crippen LogP contribution < -0.4 is 11.1 Å². The quantitative estimate of drug-likeness (QED) is 0.819. The van der Waals surface area contributed by atoms with Crippen LogP contribution in [0, 0.1) is 6.92 Å². The number of nitrogens with two attached hydrogens (primary N) is 1. The van der Waals surface area contributed by atoms with Crippen LogP contribution in [0.5, 0.6) is 0 Å². The summed E-state index contributed by atoms with van der Waals surface area (Å²) < 4.78 is 0. The van der Waals surface area contributed by atoms with E-state index in [-0.39, 0.29) is 5.91 Å². The standard InChI is InChI=1S/C15H17N3O/c1-11-9-17-6-5-13(11)10-18-15(19)8-12-3-2-4-14(16)7-12/h2-7,9H,8,10,16H2,1H3,(H,18,19). The Bertz CT molecular complexity index is 581. The van der Waals surface area contributed by atoms with Crippen LogP contribution in [0.1, 0.15) is 16.7 Å². The number of aromatic nitrogens is 1. The van der Waals surface area contributed by atoms with Crippen LogP contribution in [-0.2, 0) is 17.8 Å². The maximum absolute atomic E-state index is 11.8. The van der Waals surface area contributed by atoms with E-state index in [0.29, 0.717) is 18.7 Å². The summed E-state index contributed by atoms with van der Waals surface area (Å²) in [6, 6.07) is 9.29. The second-order valence-electron chi connectivity index (χ2n) is 4.50. The van der Waals surface area contributed by atoms with Crippen LogP contribution in [0.4, 0.5) is 5.69 Å². The summed E-state index contributed by atoms with van der Waals surface area (Å²) in [7, 11) is 0. The molecular formula is C15H17N3O. The molecular weight excluding hydrogens is 238 g/mol. The molecule has 1 heterocycles. The number of anilines is 1. The Hall–Kier alpha value is -2.36. The van der Waals surface area contributed by atoms with E-state index in [1.807, 2.05) is 37.3 Å². The first kappa shape index (κ1) is 13.1. The first-order valence-electron chi connectivity index (χ1n) is 6.16. The van der Waals surface area contributed by atoms with Crippen molar-refractivity contribution in [1.29, 1.82) is 0 Å². The average molecular weight is 255 g/mol. The summed E-state index contributed by atoms with van der Waals surface area (Å²) >= 11 is 0. The third-order valence-electron chi connectivity index (χ3n) is 2.93. The maximum Gasteiger partial charge on any atom is 0.224 e. The molecule has 0 atom stereocenters. The number of hydrogen-bond donors (Lipinski definition) is 2. The van der Waals surface area contributed by atoms with Gasteiger partial charge in [0.15, 0.2) is 0 Å². The Labute approximate surface area is 112 Å². The Balaban J connectivity index is 1.90. The highest BCUT2D eigenvalue weighted by Gasteiger charge is 2.04. The van der Waals surface area contributed by atoms with E-state index in [9.17, 15) is 4.79 Å². The van der Waals surface area contributed by atoms with Crippen molar-refractivity contribution in [3.8, 4) is 0 Å². The molecule has 0 saturated heterocycles. The van der Waals surface area contributed by atoms with Gasteiger partial charge in [-0.3, -0.25) is 9.78 Å². The van der Waals surface area contributed by atoms with Gasteiger partial charge in [-0.2, -0.15) is 0 Å². The number of nitrogen functional groups attached to an aromatic ring is 1. The molecule has 0 aliphatic carbocycles. The molecule has 0 aliphatic heterocycles. The molecule has 4 nitrogen and oxygen atoms in total. The number of carbonyl (C=O) groups excluding carboxylic acids is 1. The Morgan fingerprint density at radius 3 is 2.95 bits per heavy atom. The Kier molecular flexibility index (Phi) is 4.13. The molecule has 0 fully saturated rings. The van der Waals surface area contributed by atoms with Crippen LogP contribution in [0.3, 0.4) is 0 Å². The molecule has 0 aliphatic rings. The molecule has 0 saturated carbocycles. The minimum absolute atomic E-state index is 0.0122. The molecule has 19 heavy (non-hydrogen) atoms. The monoisotopic (exact) mass is 255 g/mol. The van der Waals surface area contributed by atoms with E-state index in [1.165, 1.54) is 0 Å². The molecule has 0 bridgehead atoms. The molecule has 4 heteroatoms. The van der Waals surface area contributed by atoms with Gasteiger partial charge in [0.1, 0.15) is 0 Å². The van der Waals surface area contributed by atoms with Gasteiger partial charge in [0.05, 0.1) is 6.42 Å². The average Bonchev–Trinajstić information content (AvgIpc) is 2.38. The highest BCUT2D eigenvalue weighted by atomic mass is 16.1. The fourth-order valence-corrected chi connectivity index (χ4v) is 1.85. The number of pyridine rings is 1. The molecule has 1 amide bonds. The van der Waals surface area contributed by atoms with Crippen molar-refractivity contribution in [1.82, 2.24) is 10.3 Å². The van der Waals surface area contributed by atoms with E-state index in [0.717, 1.165) is 16.7 Å². The first-order valence-corrected chi connectivity index (χ1v) is 6.16. The van der Waals surface area contributed by atoms with Crippen molar-refractivity contribution < 1.29 is 4.79 Å². The lowest BCUT2D eigenvalue weighted by Gasteiger charge is -2.07. The van der Waals surface area contributed by atoms with E-state index in [2.05, 4.69) is 10.3 Å². The Morgan fingerprint density at radius 2 is 2.21 bits per heavy atom. The number of nitrogens with one attached hydrogen (secondary N) is 1. The van der Waals surface area contributed by atoms with Crippen molar-refractivity contribution in [2.45, 2.75) is 19.9 Å². The summed E-state index contributed by atoms with van der Waals surface area (Å²) in [5.41, 5.74) is 9.43. The van der Waals surface area contributed by atoms with Crippen molar-refractivity contribution >= 4 is 11.6 Å². The third-order valence-corrected chi connectivity index (χ3v) is 2.93. The summed E-state index contributed by atoms with van der Waals surface area (Å²) in [6.07, 6.45) is 3.86.